The number of likely N-dealkylation sites (N-methyl/N-ethyl adjacent to an activating group) is 1. The van der Waals surface area contributed by atoms with Crippen LogP contribution in [0.4, 0.5) is 0 Å². The molecule has 0 unspecified atom stereocenters. The minimum Gasteiger partial charge on any atom is -0.346 e. The first-order chi connectivity index (χ1) is 6.63. The molecule has 0 aliphatic carbocycles. The van der Waals surface area contributed by atoms with Crippen molar-refractivity contribution in [3.05, 3.63) is 48.9 Å². The molecule has 0 aliphatic rings. The van der Waals surface area contributed by atoms with Gasteiger partial charge < -0.3 is 4.90 Å². The van der Waals surface area contributed by atoms with E-state index < -0.39 is 0 Å². The summed E-state index contributed by atoms with van der Waals surface area (Å²) >= 11 is 0. The maximum atomic E-state index is 3.97. The van der Waals surface area contributed by atoms with E-state index in [9.17, 15) is 0 Å². The van der Waals surface area contributed by atoms with Gasteiger partial charge in [-0.15, -0.1) is 0 Å². The standard InChI is InChI=1S/C13H21N/c1-6-8-10-12(3)14(5)13(4)11-9-7-2/h8-11H,3-4,6-7H2,1-2,5H3/b10-8-,11-9-. The number of rotatable bonds is 6. The lowest BCUT2D eigenvalue weighted by Gasteiger charge is -2.19. The van der Waals surface area contributed by atoms with E-state index in [1.165, 1.54) is 0 Å². The maximum absolute atomic E-state index is 3.97. The smallest absolute Gasteiger partial charge is 0.0331 e. The molecule has 1 heteroatoms. The Hall–Kier alpha value is -1.24. The SMILES string of the molecule is C=C(/C=C\CC)N(C)C(=C)/C=C\CC. The molecule has 0 aromatic heterocycles. The quantitative estimate of drug-likeness (QED) is 0.576. The Morgan fingerprint density at radius 1 is 1.00 bits per heavy atom. The van der Waals surface area contributed by atoms with Gasteiger partial charge in [-0.2, -0.15) is 0 Å². The third-order valence-corrected chi connectivity index (χ3v) is 1.95. The highest BCUT2D eigenvalue weighted by atomic mass is 15.1. The molecule has 0 atom stereocenters. The molecule has 0 radical (unpaired) electrons. The van der Waals surface area contributed by atoms with Gasteiger partial charge in [0.2, 0.25) is 0 Å². The monoisotopic (exact) mass is 191 g/mol. The van der Waals surface area contributed by atoms with Gasteiger partial charge in [0.05, 0.1) is 0 Å². The fourth-order valence-corrected chi connectivity index (χ4v) is 0.916. The Morgan fingerprint density at radius 3 is 1.64 bits per heavy atom. The van der Waals surface area contributed by atoms with Crippen LogP contribution in [0.15, 0.2) is 48.9 Å². The van der Waals surface area contributed by atoms with Crippen LogP contribution in [0.25, 0.3) is 0 Å². The molecule has 0 bridgehead atoms. The normalized spacial score (nSPS) is 11.1. The van der Waals surface area contributed by atoms with Crippen molar-refractivity contribution >= 4 is 0 Å². The van der Waals surface area contributed by atoms with Gasteiger partial charge in [0.1, 0.15) is 0 Å². The van der Waals surface area contributed by atoms with Gasteiger partial charge in [-0.25, -0.2) is 0 Å². The van der Waals surface area contributed by atoms with E-state index >= 15 is 0 Å². The summed E-state index contributed by atoms with van der Waals surface area (Å²) in [5, 5.41) is 0. The molecule has 0 heterocycles. The number of nitrogens with zero attached hydrogens (tertiary/aromatic N) is 1. The zero-order chi connectivity index (χ0) is 11.0. The van der Waals surface area contributed by atoms with Crippen LogP contribution in [0.3, 0.4) is 0 Å². The van der Waals surface area contributed by atoms with Crippen molar-refractivity contribution in [3.63, 3.8) is 0 Å². The fourth-order valence-electron chi connectivity index (χ4n) is 0.916. The second kappa shape index (κ2) is 7.19. The van der Waals surface area contributed by atoms with Crippen LogP contribution in [-0.2, 0) is 0 Å². The van der Waals surface area contributed by atoms with Crippen LogP contribution < -0.4 is 0 Å². The summed E-state index contributed by atoms with van der Waals surface area (Å²) in [5.41, 5.74) is 1.94. The van der Waals surface area contributed by atoms with E-state index in [2.05, 4.69) is 39.2 Å². The van der Waals surface area contributed by atoms with Gasteiger partial charge >= 0.3 is 0 Å². The number of hydrogen-bond acceptors (Lipinski definition) is 1. The van der Waals surface area contributed by atoms with Crippen LogP contribution in [0.2, 0.25) is 0 Å². The second-order valence-electron chi connectivity index (χ2n) is 3.16. The van der Waals surface area contributed by atoms with Crippen LogP contribution in [0.1, 0.15) is 26.7 Å². The molecule has 0 aromatic carbocycles. The molecule has 78 valence electrons. The summed E-state index contributed by atoms with van der Waals surface area (Å²) in [4.78, 5) is 1.98. The van der Waals surface area contributed by atoms with E-state index in [-0.39, 0.29) is 0 Å². The summed E-state index contributed by atoms with van der Waals surface area (Å²) in [7, 11) is 1.98. The lowest BCUT2D eigenvalue weighted by molar-refractivity contribution is 0.558. The summed E-state index contributed by atoms with van der Waals surface area (Å²) < 4.78 is 0. The maximum Gasteiger partial charge on any atom is 0.0331 e. The Labute approximate surface area is 88.1 Å². The van der Waals surface area contributed by atoms with Crippen LogP contribution in [0.5, 0.6) is 0 Å². The lowest BCUT2D eigenvalue weighted by Crippen LogP contribution is -2.12. The Bertz CT molecular complexity index is 220. The molecular weight excluding hydrogens is 170 g/mol. The fraction of sp³-hybridized carbons (Fsp3) is 0.385. The molecule has 0 rings (SSSR count). The van der Waals surface area contributed by atoms with Crippen LogP contribution in [-0.4, -0.2) is 11.9 Å². The summed E-state index contributed by atoms with van der Waals surface area (Å²) in [6.07, 6.45) is 10.3. The van der Waals surface area contributed by atoms with E-state index in [1.807, 2.05) is 24.1 Å². The van der Waals surface area contributed by atoms with Crippen molar-refractivity contribution in [1.29, 1.82) is 0 Å². The Morgan fingerprint density at radius 2 is 1.36 bits per heavy atom. The minimum atomic E-state index is 0.970. The largest absolute Gasteiger partial charge is 0.346 e. The predicted molar refractivity (Wildman–Crippen MR) is 64.9 cm³/mol. The van der Waals surface area contributed by atoms with Gasteiger partial charge in [0, 0.05) is 18.4 Å². The predicted octanol–water partition coefficient (Wildman–Crippen LogP) is 3.88. The first-order valence-electron chi connectivity index (χ1n) is 5.08. The van der Waals surface area contributed by atoms with E-state index in [1.54, 1.807) is 0 Å². The van der Waals surface area contributed by atoms with Crippen molar-refractivity contribution in [2.24, 2.45) is 0 Å². The van der Waals surface area contributed by atoms with Crippen molar-refractivity contribution in [3.8, 4) is 0 Å². The summed E-state index contributed by atoms with van der Waals surface area (Å²) in [6.45, 7) is 12.1. The molecule has 0 spiro atoms. The van der Waals surface area contributed by atoms with Crippen molar-refractivity contribution in [2.45, 2.75) is 26.7 Å². The average Bonchev–Trinajstić information content (AvgIpc) is 2.21. The van der Waals surface area contributed by atoms with Crippen molar-refractivity contribution in [1.82, 2.24) is 4.90 Å². The van der Waals surface area contributed by atoms with E-state index in [0.717, 1.165) is 24.2 Å². The van der Waals surface area contributed by atoms with Crippen molar-refractivity contribution < 1.29 is 0 Å². The van der Waals surface area contributed by atoms with Crippen LogP contribution >= 0.6 is 0 Å². The molecular formula is C13H21N. The highest BCUT2D eigenvalue weighted by Gasteiger charge is 1.98. The highest BCUT2D eigenvalue weighted by molar-refractivity contribution is 5.23. The van der Waals surface area contributed by atoms with E-state index in [0.29, 0.717) is 0 Å². The molecule has 0 aromatic rings. The first-order valence-corrected chi connectivity index (χ1v) is 5.08. The van der Waals surface area contributed by atoms with Gasteiger partial charge in [-0.05, 0) is 25.0 Å². The average molecular weight is 191 g/mol. The Kier molecular flexibility index (Phi) is 6.55. The van der Waals surface area contributed by atoms with Crippen LogP contribution in [0, 0.1) is 0 Å². The minimum absolute atomic E-state index is 0.970. The number of allylic oxidation sites excluding steroid dienone is 4. The third kappa shape index (κ3) is 4.70. The van der Waals surface area contributed by atoms with Gasteiger partial charge in [0.15, 0.2) is 0 Å². The first kappa shape index (κ1) is 12.8. The molecule has 0 fully saturated rings. The zero-order valence-electron chi connectivity index (χ0n) is 9.59. The molecule has 0 saturated heterocycles. The summed E-state index contributed by atoms with van der Waals surface area (Å²) in [6, 6.07) is 0. The molecule has 0 amide bonds. The second-order valence-corrected chi connectivity index (χ2v) is 3.16. The Balaban J connectivity index is 4.24. The summed E-state index contributed by atoms with van der Waals surface area (Å²) in [5.74, 6) is 0. The highest BCUT2D eigenvalue weighted by Crippen LogP contribution is 2.09. The molecule has 0 saturated carbocycles. The molecule has 1 nitrogen and oxygen atoms in total. The molecule has 0 N–H and O–H groups in total. The molecule has 14 heavy (non-hydrogen) atoms. The molecule has 0 aliphatic heterocycles. The third-order valence-electron chi connectivity index (χ3n) is 1.95. The topological polar surface area (TPSA) is 3.24 Å². The van der Waals surface area contributed by atoms with Gasteiger partial charge in [-0.3, -0.25) is 0 Å². The van der Waals surface area contributed by atoms with E-state index in [4.69, 9.17) is 0 Å². The lowest BCUT2D eigenvalue weighted by atomic mass is 10.3. The van der Waals surface area contributed by atoms with Gasteiger partial charge in [0.25, 0.3) is 0 Å². The van der Waals surface area contributed by atoms with Gasteiger partial charge in [-0.1, -0.05) is 39.2 Å². The number of hydrogen-bond donors (Lipinski definition) is 0. The zero-order valence-corrected chi connectivity index (χ0v) is 9.59. The van der Waals surface area contributed by atoms with Crippen molar-refractivity contribution in [2.75, 3.05) is 7.05 Å².